The first kappa shape index (κ1) is 23.3. The van der Waals surface area contributed by atoms with Crippen molar-refractivity contribution in [3.05, 3.63) is 111 Å². The van der Waals surface area contributed by atoms with Crippen molar-refractivity contribution in [3.8, 4) is 34.2 Å². The van der Waals surface area contributed by atoms with Crippen LogP contribution in [-0.2, 0) is 6.54 Å². The van der Waals surface area contributed by atoms with Crippen LogP contribution in [0, 0.1) is 0 Å². The molecule has 0 saturated heterocycles. The molecule has 3 aromatic carbocycles. The molecule has 8 heteroatoms. The zero-order chi connectivity index (χ0) is 24.8. The highest BCUT2D eigenvalue weighted by molar-refractivity contribution is 6.35. The highest BCUT2D eigenvalue weighted by atomic mass is 35.5. The Hall–Kier alpha value is -3.15. The summed E-state index contributed by atoms with van der Waals surface area (Å²) < 4.78 is 14.4. The SMILES string of the molecule is Clc1ccc(Cl)c(-c2ccc(Cn3c(-c4ccc(-c5cc(Cl)ccc5Cl)o4)nc4ccccc43)o2)c1. The molecule has 3 heterocycles. The summed E-state index contributed by atoms with van der Waals surface area (Å²) in [6.07, 6.45) is 0. The first-order valence-corrected chi connectivity index (χ1v) is 12.5. The van der Waals surface area contributed by atoms with E-state index in [0.717, 1.165) is 22.4 Å². The van der Waals surface area contributed by atoms with Gasteiger partial charge in [0.25, 0.3) is 0 Å². The van der Waals surface area contributed by atoms with Gasteiger partial charge in [-0.1, -0.05) is 58.5 Å². The molecule has 0 spiro atoms. The summed E-state index contributed by atoms with van der Waals surface area (Å²) in [7, 11) is 0. The minimum Gasteiger partial charge on any atom is -0.459 e. The fourth-order valence-electron chi connectivity index (χ4n) is 4.16. The van der Waals surface area contributed by atoms with Gasteiger partial charge < -0.3 is 13.4 Å². The Morgan fingerprint density at radius 1 is 0.639 bits per heavy atom. The van der Waals surface area contributed by atoms with E-state index in [2.05, 4.69) is 4.57 Å². The molecule has 0 unspecified atom stereocenters. The summed E-state index contributed by atoms with van der Waals surface area (Å²) in [4.78, 5) is 4.85. The van der Waals surface area contributed by atoms with Crippen LogP contribution in [0.15, 0.2) is 93.8 Å². The van der Waals surface area contributed by atoms with Crippen molar-refractivity contribution in [2.75, 3.05) is 0 Å². The van der Waals surface area contributed by atoms with Crippen LogP contribution in [0.25, 0.3) is 45.3 Å². The molecule has 6 aromatic rings. The van der Waals surface area contributed by atoms with Gasteiger partial charge in [-0.3, -0.25) is 0 Å². The van der Waals surface area contributed by atoms with E-state index in [1.54, 1.807) is 36.4 Å². The molecule has 6 rings (SSSR count). The van der Waals surface area contributed by atoms with Crippen LogP contribution < -0.4 is 0 Å². The van der Waals surface area contributed by atoms with E-state index in [1.807, 2.05) is 48.5 Å². The van der Waals surface area contributed by atoms with Crippen molar-refractivity contribution in [1.82, 2.24) is 9.55 Å². The van der Waals surface area contributed by atoms with Crippen molar-refractivity contribution in [2.24, 2.45) is 0 Å². The van der Waals surface area contributed by atoms with Crippen LogP contribution in [-0.4, -0.2) is 9.55 Å². The van der Waals surface area contributed by atoms with Crippen molar-refractivity contribution in [2.45, 2.75) is 6.54 Å². The van der Waals surface area contributed by atoms with E-state index < -0.39 is 0 Å². The average molecular weight is 554 g/mol. The van der Waals surface area contributed by atoms with Gasteiger partial charge in [-0.25, -0.2) is 4.98 Å². The third kappa shape index (κ3) is 4.31. The number of aromatic nitrogens is 2. The molecular formula is C28H16Cl4N2O2. The number of para-hydroxylation sites is 2. The van der Waals surface area contributed by atoms with Gasteiger partial charge in [-0.2, -0.15) is 0 Å². The molecule has 0 amide bonds. The number of benzene rings is 3. The lowest BCUT2D eigenvalue weighted by molar-refractivity contribution is 0.506. The van der Waals surface area contributed by atoms with Crippen molar-refractivity contribution >= 4 is 57.4 Å². The number of halogens is 4. The average Bonchev–Trinajstić information content (AvgIpc) is 3.62. The Morgan fingerprint density at radius 2 is 1.25 bits per heavy atom. The molecule has 0 aliphatic rings. The quantitative estimate of drug-likeness (QED) is 0.213. The van der Waals surface area contributed by atoms with Gasteiger partial charge in [0.1, 0.15) is 17.3 Å². The van der Waals surface area contributed by atoms with E-state index in [1.165, 1.54) is 0 Å². The molecule has 36 heavy (non-hydrogen) atoms. The molecule has 0 atom stereocenters. The predicted octanol–water partition coefficient (Wildman–Crippen LogP) is 9.89. The number of nitrogens with zero attached hydrogens (tertiary/aromatic N) is 2. The lowest BCUT2D eigenvalue weighted by atomic mass is 10.2. The lowest BCUT2D eigenvalue weighted by Crippen LogP contribution is -2.00. The van der Waals surface area contributed by atoms with Gasteiger partial charge in [0.2, 0.25) is 0 Å². The fourth-order valence-corrected chi connectivity index (χ4v) is 4.93. The summed E-state index contributed by atoms with van der Waals surface area (Å²) in [6.45, 7) is 0.433. The molecule has 0 radical (unpaired) electrons. The summed E-state index contributed by atoms with van der Waals surface area (Å²) in [6, 6.07) is 26.0. The van der Waals surface area contributed by atoms with Crippen molar-refractivity contribution in [3.63, 3.8) is 0 Å². The molecule has 3 aromatic heterocycles. The highest BCUT2D eigenvalue weighted by Gasteiger charge is 2.19. The molecule has 0 bridgehead atoms. The Morgan fingerprint density at radius 3 is 1.97 bits per heavy atom. The predicted molar refractivity (Wildman–Crippen MR) is 146 cm³/mol. The summed E-state index contributed by atoms with van der Waals surface area (Å²) in [5.41, 5.74) is 3.24. The molecule has 0 fully saturated rings. The number of hydrogen-bond acceptors (Lipinski definition) is 3. The molecule has 178 valence electrons. The maximum absolute atomic E-state index is 6.39. The highest BCUT2D eigenvalue weighted by Crippen LogP contribution is 2.36. The second kappa shape index (κ2) is 9.38. The Kier molecular flexibility index (Phi) is 6.06. The maximum atomic E-state index is 6.39. The molecule has 0 aliphatic heterocycles. The number of imidazole rings is 1. The molecule has 0 N–H and O–H groups in total. The number of fused-ring (bicyclic) bond motifs is 1. The molecule has 4 nitrogen and oxygen atoms in total. The monoisotopic (exact) mass is 552 g/mol. The van der Waals surface area contributed by atoms with Crippen LogP contribution in [0.2, 0.25) is 20.1 Å². The smallest absolute Gasteiger partial charge is 0.177 e. The van der Waals surface area contributed by atoms with E-state index in [-0.39, 0.29) is 0 Å². The summed E-state index contributed by atoms with van der Waals surface area (Å²) in [5.74, 6) is 3.24. The van der Waals surface area contributed by atoms with Crippen LogP contribution in [0.1, 0.15) is 5.76 Å². The van der Waals surface area contributed by atoms with E-state index in [0.29, 0.717) is 55.3 Å². The van der Waals surface area contributed by atoms with E-state index in [4.69, 9.17) is 60.2 Å². The second-order valence-corrected chi connectivity index (χ2v) is 9.88. The Labute approximate surface area is 226 Å². The van der Waals surface area contributed by atoms with Gasteiger partial charge in [0, 0.05) is 21.2 Å². The minimum atomic E-state index is 0.433. The molecular weight excluding hydrogens is 538 g/mol. The molecule has 0 saturated carbocycles. The topological polar surface area (TPSA) is 44.1 Å². The molecule has 0 aliphatic carbocycles. The van der Waals surface area contributed by atoms with Gasteiger partial charge in [0.05, 0.1) is 27.6 Å². The van der Waals surface area contributed by atoms with Crippen LogP contribution in [0.3, 0.4) is 0 Å². The van der Waals surface area contributed by atoms with Gasteiger partial charge in [-0.15, -0.1) is 0 Å². The second-order valence-electron chi connectivity index (χ2n) is 8.19. The first-order chi connectivity index (χ1) is 17.5. The normalized spacial score (nSPS) is 11.4. The van der Waals surface area contributed by atoms with E-state index >= 15 is 0 Å². The maximum Gasteiger partial charge on any atom is 0.177 e. The number of furan rings is 2. The van der Waals surface area contributed by atoms with Gasteiger partial charge in [-0.05, 0) is 72.8 Å². The zero-order valence-corrected chi connectivity index (χ0v) is 21.5. The van der Waals surface area contributed by atoms with Crippen LogP contribution in [0.4, 0.5) is 0 Å². The van der Waals surface area contributed by atoms with E-state index in [9.17, 15) is 0 Å². The van der Waals surface area contributed by atoms with Gasteiger partial charge in [0.15, 0.2) is 11.6 Å². The number of hydrogen-bond donors (Lipinski definition) is 0. The minimum absolute atomic E-state index is 0.433. The summed E-state index contributed by atoms with van der Waals surface area (Å²) in [5, 5.41) is 2.28. The van der Waals surface area contributed by atoms with Crippen LogP contribution in [0.5, 0.6) is 0 Å². The van der Waals surface area contributed by atoms with Gasteiger partial charge >= 0.3 is 0 Å². The third-order valence-corrected chi connectivity index (χ3v) is 6.97. The largest absolute Gasteiger partial charge is 0.459 e. The third-order valence-electron chi connectivity index (χ3n) is 5.84. The van der Waals surface area contributed by atoms with Crippen molar-refractivity contribution in [1.29, 1.82) is 0 Å². The fraction of sp³-hybridized carbons (Fsp3) is 0.0357. The summed E-state index contributed by atoms with van der Waals surface area (Å²) >= 11 is 25.1. The first-order valence-electron chi connectivity index (χ1n) is 11.0. The Bertz CT molecular complexity index is 1730. The number of rotatable bonds is 5. The zero-order valence-electron chi connectivity index (χ0n) is 18.5. The van der Waals surface area contributed by atoms with Crippen LogP contribution >= 0.6 is 46.4 Å². The standard InChI is InChI=1S/C28H16Cl4N2O2/c29-16-5-8-21(31)19(13-16)25-10-7-18(35-25)15-34-24-4-2-1-3-23(24)33-28(34)27-12-11-26(36-27)20-14-17(30)6-9-22(20)32/h1-14H,15H2. The van der Waals surface area contributed by atoms with Crippen molar-refractivity contribution < 1.29 is 8.83 Å². The lowest BCUT2D eigenvalue weighted by Gasteiger charge is -2.07. The Balaban J connectivity index is 1.41.